The summed E-state index contributed by atoms with van der Waals surface area (Å²) in [5.41, 5.74) is -0.0929. The van der Waals surface area contributed by atoms with E-state index >= 15 is 0 Å². The first-order chi connectivity index (χ1) is 9.37. The van der Waals surface area contributed by atoms with E-state index in [0.717, 1.165) is 19.3 Å². The standard InChI is InChI=1S/C15H24N2O3/c1-8-13(18)16-12(9-5-6-9)14(19)17(8)10-7-11(20-4)15(10,2)3/h8-12H,5-7H2,1-4H3,(H,16,18). The van der Waals surface area contributed by atoms with Crippen molar-refractivity contribution < 1.29 is 14.3 Å². The average Bonchev–Trinajstić information content (AvgIpc) is 3.21. The van der Waals surface area contributed by atoms with Crippen LogP contribution in [0.2, 0.25) is 0 Å². The van der Waals surface area contributed by atoms with E-state index in [9.17, 15) is 9.59 Å². The Hall–Kier alpha value is -1.10. The molecule has 0 bridgehead atoms. The number of carbonyl (C=O) groups excluding carboxylic acids is 2. The zero-order valence-electron chi connectivity index (χ0n) is 12.7. The molecule has 2 saturated carbocycles. The van der Waals surface area contributed by atoms with E-state index in [4.69, 9.17) is 4.74 Å². The molecule has 20 heavy (non-hydrogen) atoms. The van der Waals surface area contributed by atoms with E-state index in [2.05, 4.69) is 19.2 Å². The summed E-state index contributed by atoms with van der Waals surface area (Å²) < 4.78 is 5.47. The molecule has 0 spiro atoms. The Morgan fingerprint density at radius 1 is 1.30 bits per heavy atom. The fourth-order valence-electron chi connectivity index (χ4n) is 3.72. The quantitative estimate of drug-likeness (QED) is 0.836. The number of nitrogens with zero attached hydrogens (tertiary/aromatic N) is 1. The molecule has 5 nitrogen and oxygen atoms in total. The number of nitrogens with one attached hydrogen (secondary N) is 1. The van der Waals surface area contributed by atoms with Gasteiger partial charge in [-0.3, -0.25) is 9.59 Å². The lowest BCUT2D eigenvalue weighted by Gasteiger charge is -2.58. The minimum absolute atomic E-state index is 0.0156. The van der Waals surface area contributed by atoms with Gasteiger partial charge in [0.1, 0.15) is 12.1 Å². The van der Waals surface area contributed by atoms with Gasteiger partial charge in [0.25, 0.3) is 0 Å². The molecule has 1 heterocycles. The Labute approximate surface area is 120 Å². The Kier molecular flexibility index (Phi) is 3.08. The van der Waals surface area contributed by atoms with Gasteiger partial charge in [-0.05, 0) is 32.1 Å². The maximum absolute atomic E-state index is 12.8. The maximum Gasteiger partial charge on any atom is 0.246 e. The van der Waals surface area contributed by atoms with Crippen LogP contribution in [0.4, 0.5) is 0 Å². The zero-order valence-corrected chi connectivity index (χ0v) is 12.7. The molecule has 5 heteroatoms. The van der Waals surface area contributed by atoms with Gasteiger partial charge in [-0.1, -0.05) is 13.8 Å². The summed E-state index contributed by atoms with van der Waals surface area (Å²) in [5.74, 6) is 0.438. The lowest BCUT2D eigenvalue weighted by molar-refractivity contribution is -0.178. The summed E-state index contributed by atoms with van der Waals surface area (Å²) in [6.45, 7) is 6.06. The first-order valence-corrected chi connectivity index (χ1v) is 7.53. The van der Waals surface area contributed by atoms with Crippen molar-refractivity contribution in [2.75, 3.05) is 7.11 Å². The second kappa shape index (κ2) is 4.45. The molecule has 2 amide bonds. The van der Waals surface area contributed by atoms with Crippen molar-refractivity contribution in [1.82, 2.24) is 10.2 Å². The molecule has 1 saturated heterocycles. The van der Waals surface area contributed by atoms with Gasteiger partial charge in [-0.25, -0.2) is 0 Å². The smallest absolute Gasteiger partial charge is 0.246 e. The third-order valence-electron chi connectivity index (χ3n) is 5.45. The highest BCUT2D eigenvalue weighted by atomic mass is 16.5. The summed E-state index contributed by atoms with van der Waals surface area (Å²) in [4.78, 5) is 26.7. The van der Waals surface area contributed by atoms with Crippen LogP contribution >= 0.6 is 0 Å². The van der Waals surface area contributed by atoms with Gasteiger partial charge < -0.3 is 15.0 Å². The number of rotatable bonds is 3. The molecule has 2 aliphatic carbocycles. The molecule has 4 atom stereocenters. The molecule has 1 N–H and O–H groups in total. The molecular weight excluding hydrogens is 256 g/mol. The highest BCUT2D eigenvalue weighted by molar-refractivity contribution is 5.97. The number of piperazine rings is 1. The van der Waals surface area contributed by atoms with Crippen molar-refractivity contribution in [3.63, 3.8) is 0 Å². The van der Waals surface area contributed by atoms with Crippen LogP contribution in [0.15, 0.2) is 0 Å². The van der Waals surface area contributed by atoms with Gasteiger partial charge in [0.05, 0.1) is 6.10 Å². The fourth-order valence-corrected chi connectivity index (χ4v) is 3.72. The second-order valence-electron chi connectivity index (χ2n) is 7.04. The Bertz CT molecular complexity index is 444. The summed E-state index contributed by atoms with van der Waals surface area (Å²) in [7, 11) is 1.71. The van der Waals surface area contributed by atoms with E-state index in [1.54, 1.807) is 7.11 Å². The maximum atomic E-state index is 12.8. The normalized spacial score (nSPS) is 40.3. The predicted molar refractivity (Wildman–Crippen MR) is 73.9 cm³/mol. The molecule has 3 aliphatic rings. The van der Waals surface area contributed by atoms with E-state index < -0.39 is 0 Å². The highest BCUT2D eigenvalue weighted by Gasteiger charge is 2.57. The van der Waals surface area contributed by atoms with Gasteiger partial charge in [0, 0.05) is 18.6 Å². The van der Waals surface area contributed by atoms with Gasteiger partial charge in [0.15, 0.2) is 0 Å². The molecule has 0 aromatic rings. The first-order valence-electron chi connectivity index (χ1n) is 7.53. The van der Waals surface area contributed by atoms with E-state index in [-0.39, 0.29) is 41.5 Å². The predicted octanol–water partition coefficient (Wildman–Crippen LogP) is 0.925. The van der Waals surface area contributed by atoms with Crippen LogP contribution in [0.3, 0.4) is 0 Å². The Morgan fingerprint density at radius 2 is 1.95 bits per heavy atom. The number of carbonyl (C=O) groups is 2. The number of ether oxygens (including phenoxy) is 1. The second-order valence-corrected chi connectivity index (χ2v) is 7.04. The van der Waals surface area contributed by atoms with E-state index in [1.165, 1.54) is 0 Å². The minimum Gasteiger partial charge on any atom is -0.381 e. The summed E-state index contributed by atoms with van der Waals surface area (Å²) >= 11 is 0. The van der Waals surface area contributed by atoms with Crippen LogP contribution in [-0.4, -0.2) is 48.1 Å². The van der Waals surface area contributed by atoms with Gasteiger partial charge >= 0.3 is 0 Å². The molecule has 3 fully saturated rings. The van der Waals surface area contributed by atoms with E-state index in [0.29, 0.717) is 5.92 Å². The summed E-state index contributed by atoms with van der Waals surface area (Å²) in [5, 5.41) is 2.90. The van der Waals surface area contributed by atoms with Crippen molar-refractivity contribution in [3.8, 4) is 0 Å². The number of methoxy groups -OCH3 is 1. The van der Waals surface area contributed by atoms with Crippen molar-refractivity contribution in [3.05, 3.63) is 0 Å². The third kappa shape index (κ3) is 1.86. The molecule has 3 rings (SSSR count). The molecular formula is C15H24N2O3. The monoisotopic (exact) mass is 280 g/mol. The van der Waals surface area contributed by atoms with Crippen LogP contribution in [0.25, 0.3) is 0 Å². The van der Waals surface area contributed by atoms with Crippen LogP contribution in [-0.2, 0) is 14.3 Å². The largest absolute Gasteiger partial charge is 0.381 e. The van der Waals surface area contributed by atoms with Gasteiger partial charge in [-0.2, -0.15) is 0 Å². The minimum atomic E-state index is -0.375. The van der Waals surface area contributed by atoms with E-state index in [1.807, 2.05) is 11.8 Å². The SMILES string of the molecule is COC1CC(N2C(=O)C(C3CC3)NC(=O)C2C)C1(C)C. The highest BCUT2D eigenvalue weighted by Crippen LogP contribution is 2.47. The Balaban J connectivity index is 1.83. The van der Waals surface area contributed by atoms with Crippen LogP contribution in [0.5, 0.6) is 0 Å². The summed E-state index contributed by atoms with van der Waals surface area (Å²) in [6.07, 6.45) is 3.09. The van der Waals surface area contributed by atoms with Crippen LogP contribution < -0.4 is 5.32 Å². The van der Waals surface area contributed by atoms with Crippen LogP contribution in [0.1, 0.15) is 40.0 Å². The molecule has 0 aromatic carbocycles. The molecule has 0 aromatic heterocycles. The molecule has 112 valence electrons. The fraction of sp³-hybridized carbons (Fsp3) is 0.867. The average molecular weight is 280 g/mol. The summed E-state index contributed by atoms with van der Waals surface area (Å²) in [6, 6.07) is -0.571. The molecule has 1 aliphatic heterocycles. The van der Waals surface area contributed by atoms with Crippen LogP contribution in [0, 0.1) is 11.3 Å². The number of hydrogen-bond donors (Lipinski definition) is 1. The lowest BCUT2D eigenvalue weighted by Crippen LogP contribution is -2.72. The first kappa shape index (κ1) is 13.9. The Morgan fingerprint density at radius 3 is 2.45 bits per heavy atom. The lowest BCUT2D eigenvalue weighted by atomic mass is 9.63. The number of hydrogen-bond acceptors (Lipinski definition) is 3. The molecule has 4 unspecified atom stereocenters. The van der Waals surface area contributed by atoms with Gasteiger partial charge in [-0.15, -0.1) is 0 Å². The number of amides is 2. The van der Waals surface area contributed by atoms with Crippen molar-refractivity contribution in [2.24, 2.45) is 11.3 Å². The van der Waals surface area contributed by atoms with Crippen molar-refractivity contribution in [2.45, 2.75) is 64.3 Å². The van der Waals surface area contributed by atoms with Crippen molar-refractivity contribution >= 4 is 11.8 Å². The zero-order chi connectivity index (χ0) is 14.7. The topological polar surface area (TPSA) is 58.6 Å². The molecule has 0 radical (unpaired) electrons. The van der Waals surface area contributed by atoms with Crippen molar-refractivity contribution in [1.29, 1.82) is 0 Å². The third-order valence-corrected chi connectivity index (χ3v) is 5.45. The van der Waals surface area contributed by atoms with Gasteiger partial charge in [0.2, 0.25) is 11.8 Å².